The molecule has 1 amide bonds. The summed E-state index contributed by atoms with van der Waals surface area (Å²) in [5.41, 5.74) is 1.50. The van der Waals surface area contributed by atoms with Crippen LogP contribution in [0.1, 0.15) is 25.7 Å². The maximum Gasteiger partial charge on any atom is 0.241 e. The van der Waals surface area contributed by atoms with E-state index in [1.807, 2.05) is 25.1 Å². The number of hydrogen-bond donors (Lipinski definition) is 2. The summed E-state index contributed by atoms with van der Waals surface area (Å²) < 4.78 is 5.28. The molecule has 2 N–H and O–H groups in total. The van der Waals surface area contributed by atoms with Crippen LogP contribution in [0.15, 0.2) is 12.3 Å². The predicted octanol–water partition coefficient (Wildman–Crippen LogP) is 1.63. The minimum absolute atomic E-state index is 0.0219. The Hall–Kier alpha value is -1.82. The molecule has 0 aliphatic carbocycles. The number of ether oxygens (including phenoxy) is 1. The van der Waals surface area contributed by atoms with Crippen LogP contribution in [0.4, 0.5) is 11.4 Å². The van der Waals surface area contributed by atoms with E-state index in [0.717, 1.165) is 31.5 Å². The Bertz CT molecular complexity index is 483. The molecule has 2 heterocycles. The van der Waals surface area contributed by atoms with Gasteiger partial charge in [0.2, 0.25) is 11.8 Å². The van der Waals surface area contributed by atoms with Crippen molar-refractivity contribution in [3.63, 3.8) is 0 Å². The van der Waals surface area contributed by atoms with Gasteiger partial charge in [0.15, 0.2) is 0 Å². The van der Waals surface area contributed by atoms with E-state index in [4.69, 9.17) is 4.74 Å². The van der Waals surface area contributed by atoms with Crippen LogP contribution in [-0.2, 0) is 4.79 Å². The summed E-state index contributed by atoms with van der Waals surface area (Å²) in [7, 11) is 5.41. The molecule has 6 nitrogen and oxygen atoms in total. The van der Waals surface area contributed by atoms with Crippen molar-refractivity contribution in [1.82, 2.24) is 10.3 Å². The lowest BCUT2D eigenvalue weighted by Crippen LogP contribution is -2.40. The van der Waals surface area contributed by atoms with E-state index < -0.39 is 0 Å². The highest BCUT2D eigenvalue weighted by molar-refractivity contribution is 5.99. The van der Waals surface area contributed by atoms with Crippen LogP contribution in [0.5, 0.6) is 5.88 Å². The summed E-state index contributed by atoms with van der Waals surface area (Å²) in [6, 6.07) is 1.71. The maximum atomic E-state index is 12.5. The van der Waals surface area contributed by atoms with Gasteiger partial charge in [-0.25, -0.2) is 4.98 Å². The normalized spacial score (nSPS) is 18.7. The second kappa shape index (κ2) is 7.26. The Balaban J connectivity index is 2.19. The Morgan fingerprint density at radius 2 is 2.24 bits per heavy atom. The van der Waals surface area contributed by atoms with Crippen LogP contribution in [-0.4, -0.2) is 44.7 Å². The van der Waals surface area contributed by atoms with Crippen molar-refractivity contribution in [2.75, 3.05) is 38.0 Å². The first kappa shape index (κ1) is 15.6. The molecule has 21 heavy (non-hydrogen) atoms. The molecule has 0 bridgehead atoms. The van der Waals surface area contributed by atoms with Gasteiger partial charge >= 0.3 is 0 Å². The number of carbonyl (C=O) groups excluding carboxylic acids is 1. The fourth-order valence-electron chi connectivity index (χ4n) is 2.54. The number of pyridine rings is 1. The van der Waals surface area contributed by atoms with Gasteiger partial charge in [0.25, 0.3) is 0 Å². The van der Waals surface area contributed by atoms with Gasteiger partial charge in [-0.05, 0) is 25.5 Å². The SMILES string of the molecule is COc1nccc(N(C)C)c1NC(=O)C1CCCCCN1. The molecule has 1 aliphatic rings. The fourth-order valence-corrected chi connectivity index (χ4v) is 2.54. The molecular formula is C15H24N4O2. The third kappa shape index (κ3) is 3.85. The maximum absolute atomic E-state index is 12.5. The zero-order valence-electron chi connectivity index (χ0n) is 13.0. The fraction of sp³-hybridized carbons (Fsp3) is 0.600. The highest BCUT2D eigenvalue weighted by Gasteiger charge is 2.22. The first-order chi connectivity index (χ1) is 10.1. The van der Waals surface area contributed by atoms with Crippen molar-refractivity contribution < 1.29 is 9.53 Å². The molecule has 1 fully saturated rings. The Morgan fingerprint density at radius 3 is 2.95 bits per heavy atom. The lowest BCUT2D eigenvalue weighted by Gasteiger charge is -2.21. The number of anilines is 2. The molecule has 1 aromatic heterocycles. The summed E-state index contributed by atoms with van der Waals surface area (Å²) >= 11 is 0. The monoisotopic (exact) mass is 292 g/mol. The van der Waals surface area contributed by atoms with Crippen LogP contribution in [0.3, 0.4) is 0 Å². The highest BCUT2D eigenvalue weighted by atomic mass is 16.5. The standard InChI is InChI=1S/C15H24N4O2/c1-19(2)12-8-10-17-15(21-3)13(12)18-14(20)11-7-5-4-6-9-16-11/h8,10-11,16H,4-7,9H2,1-3H3,(H,18,20). The van der Waals surface area contributed by atoms with Crippen LogP contribution < -0.4 is 20.3 Å². The molecule has 2 rings (SSSR count). The van der Waals surface area contributed by atoms with Crippen LogP contribution in [0.2, 0.25) is 0 Å². The van der Waals surface area contributed by atoms with E-state index in [9.17, 15) is 4.79 Å². The average Bonchev–Trinajstić information content (AvgIpc) is 2.76. The van der Waals surface area contributed by atoms with E-state index >= 15 is 0 Å². The first-order valence-corrected chi connectivity index (χ1v) is 7.38. The average molecular weight is 292 g/mol. The zero-order valence-corrected chi connectivity index (χ0v) is 13.0. The molecule has 1 aliphatic heterocycles. The summed E-state index contributed by atoms with van der Waals surface area (Å²) in [5.74, 6) is 0.412. The van der Waals surface area contributed by atoms with Crippen molar-refractivity contribution in [3.05, 3.63) is 12.3 Å². The molecule has 1 atom stereocenters. The lowest BCUT2D eigenvalue weighted by atomic mass is 10.1. The number of nitrogens with one attached hydrogen (secondary N) is 2. The molecule has 1 saturated heterocycles. The third-order valence-electron chi connectivity index (χ3n) is 3.69. The lowest BCUT2D eigenvalue weighted by molar-refractivity contribution is -0.118. The quantitative estimate of drug-likeness (QED) is 0.883. The highest BCUT2D eigenvalue weighted by Crippen LogP contribution is 2.32. The molecule has 0 spiro atoms. The molecule has 0 saturated carbocycles. The van der Waals surface area contributed by atoms with Gasteiger partial charge in [0.1, 0.15) is 5.69 Å². The minimum atomic E-state index is -0.146. The number of rotatable bonds is 4. The van der Waals surface area contributed by atoms with Gasteiger partial charge in [-0.15, -0.1) is 0 Å². The van der Waals surface area contributed by atoms with Gasteiger partial charge in [-0.3, -0.25) is 4.79 Å². The van der Waals surface area contributed by atoms with Gasteiger partial charge < -0.3 is 20.3 Å². The Morgan fingerprint density at radius 1 is 1.43 bits per heavy atom. The molecule has 0 radical (unpaired) electrons. The zero-order chi connectivity index (χ0) is 15.2. The number of amides is 1. The molecular weight excluding hydrogens is 268 g/mol. The van der Waals surface area contributed by atoms with Crippen LogP contribution in [0, 0.1) is 0 Å². The third-order valence-corrected chi connectivity index (χ3v) is 3.69. The van der Waals surface area contributed by atoms with Gasteiger partial charge in [-0.2, -0.15) is 0 Å². The van der Waals surface area contributed by atoms with Crippen molar-refractivity contribution >= 4 is 17.3 Å². The summed E-state index contributed by atoms with van der Waals surface area (Å²) in [6.45, 7) is 0.892. The molecule has 6 heteroatoms. The van der Waals surface area contributed by atoms with Crippen molar-refractivity contribution in [1.29, 1.82) is 0 Å². The van der Waals surface area contributed by atoms with Gasteiger partial charge in [0, 0.05) is 20.3 Å². The van der Waals surface area contributed by atoms with Crippen LogP contribution >= 0.6 is 0 Å². The Kier molecular flexibility index (Phi) is 5.38. The largest absolute Gasteiger partial charge is 0.479 e. The Labute approximate surface area is 125 Å². The molecule has 0 aromatic carbocycles. The summed E-state index contributed by atoms with van der Waals surface area (Å²) in [6.07, 6.45) is 5.92. The summed E-state index contributed by atoms with van der Waals surface area (Å²) in [4.78, 5) is 18.6. The number of methoxy groups -OCH3 is 1. The first-order valence-electron chi connectivity index (χ1n) is 7.38. The smallest absolute Gasteiger partial charge is 0.241 e. The van der Waals surface area contributed by atoms with Gasteiger partial charge in [0.05, 0.1) is 18.8 Å². The van der Waals surface area contributed by atoms with E-state index in [2.05, 4.69) is 15.6 Å². The second-order valence-corrected chi connectivity index (χ2v) is 5.45. The van der Waals surface area contributed by atoms with E-state index in [-0.39, 0.29) is 11.9 Å². The van der Waals surface area contributed by atoms with Gasteiger partial charge in [-0.1, -0.05) is 12.8 Å². The number of nitrogens with zero attached hydrogens (tertiary/aromatic N) is 2. The summed E-state index contributed by atoms with van der Waals surface area (Å²) in [5, 5.41) is 6.28. The number of carbonyl (C=O) groups is 1. The second-order valence-electron chi connectivity index (χ2n) is 5.45. The minimum Gasteiger partial charge on any atom is -0.479 e. The molecule has 1 aromatic rings. The number of hydrogen-bond acceptors (Lipinski definition) is 5. The topological polar surface area (TPSA) is 66.5 Å². The van der Waals surface area contributed by atoms with E-state index in [0.29, 0.717) is 11.6 Å². The van der Waals surface area contributed by atoms with Crippen molar-refractivity contribution in [2.45, 2.75) is 31.7 Å². The predicted molar refractivity (Wildman–Crippen MR) is 84.0 cm³/mol. The molecule has 1 unspecified atom stereocenters. The van der Waals surface area contributed by atoms with Crippen LogP contribution in [0.25, 0.3) is 0 Å². The molecule has 116 valence electrons. The van der Waals surface area contributed by atoms with E-state index in [1.54, 1.807) is 13.3 Å². The van der Waals surface area contributed by atoms with Crippen molar-refractivity contribution in [2.24, 2.45) is 0 Å². The van der Waals surface area contributed by atoms with E-state index in [1.165, 1.54) is 6.42 Å². The van der Waals surface area contributed by atoms with Crippen molar-refractivity contribution in [3.8, 4) is 5.88 Å². The number of aromatic nitrogens is 1.